The number of anilines is 1. The number of aromatic nitrogens is 1. The molecule has 1 unspecified atom stereocenters. The van der Waals surface area contributed by atoms with Crippen LogP contribution in [0.25, 0.3) is 0 Å². The van der Waals surface area contributed by atoms with E-state index in [1.165, 1.54) is 0 Å². The summed E-state index contributed by atoms with van der Waals surface area (Å²) in [6.07, 6.45) is 0.0516. The summed E-state index contributed by atoms with van der Waals surface area (Å²) in [6.45, 7) is 4.29. The Morgan fingerprint density at radius 2 is 2.21 bits per heavy atom. The number of aryl methyl sites for hydroxylation is 1. The molecule has 1 aromatic rings. The molecule has 0 aliphatic rings. The van der Waals surface area contributed by atoms with E-state index in [1.54, 1.807) is 7.11 Å². The van der Waals surface area contributed by atoms with E-state index in [0.29, 0.717) is 18.2 Å². The Labute approximate surface area is 84.0 Å². The van der Waals surface area contributed by atoms with Crippen molar-refractivity contribution in [1.29, 1.82) is 0 Å². The van der Waals surface area contributed by atoms with Gasteiger partial charge in [-0.2, -0.15) is 0 Å². The third-order valence-electron chi connectivity index (χ3n) is 1.90. The predicted octanol–water partition coefficient (Wildman–Crippen LogP) is 1.39. The number of nitrogens with two attached hydrogens (primary N) is 1. The molecule has 1 aromatic heterocycles. The van der Waals surface area contributed by atoms with E-state index in [0.717, 1.165) is 5.69 Å². The molecule has 78 valence electrons. The zero-order valence-electron chi connectivity index (χ0n) is 8.78. The SMILES string of the molecule is COC(C)COc1ccc(C)nc1N. The van der Waals surface area contributed by atoms with Gasteiger partial charge in [-0.15, -0.1) is 0 Å². The average molecular weight is 196 g/mol. The molecule has 0 radical (unpaired) electrons. The molecule has 1 heterocycles. The van der Waals surface area contributed by atoms with Crippen molar-refractivity contribution in [1.82, 2.24) is 4.98 Å². The summed E-state index contributed by atoms with van der Waals surface area (Å²) < 4.78 is 10.5. The molecule has 0 aromatic carbocycles. The highest BCUT2D eigenvalue weighted by Crippen LogP contribution is 2.18. The third-order valence-corrected chi connectivity index (χ3v) is 1.90. The Morgan fingerprint density at radius 1 is 1.50 bits per heavy atom. The molecule has 4 heteroatoms. The fourth-order valence-electron chi connectivity index (χ4n) is 0.961. The molecule has 0 bridgehead atoms. The van der Waals surface area contributed by atoms with Crippen molar-refractivity contribution in [2.24, 2.45) is 0 Å². The Bertz CT molecular complexity index is 302. The lowest BCUT2D eigenvalue weighted by Crippen LogP contribution is -2.16. The Morgan fingerprint density at radius 3 is 2.79 bits per heavy atom. The molecule has 14 heavy (non-hydrogen) atoms. The smallest absolute Gasteiger partial charge is 0.166 e. The topological polar surface area (TPSA) is 57.4 Å². The maximum atomic E-state index is 5.67. The number of hydrogen-bond acceptors (Lipinski definition) is 4. The first-order valence-electron chi connectivity index (χ1n) is 4.52. The highest BCUT2D eigenvalue weighted by Gasteiger charge is 2.04. The second-order valence-electron chi connectivity index (χ2n) is 3.19. The maximum Gasteiger partial charge on any atom is 0.166 e. The molecule has 0 saturated heterocycles. The van der Waals surface area contributed by atoms with E-state index in [9.17, 15) is 0 Å². The van der Waals surface area contributed by atoms with Crippen LogP contribution in [0.5, 0.6) is 5.75 Å². The first kappa shape index (κ1) is 10.8. The highest BCUT2D eigenvalue weighted by molar-refractivity contribution is 5.46. The van der Waals surface area contributed by atoms with Crippen LogP contribution in [0.2, 0.25) is 0 Å². The van der Waals surface area contributed by atoms with Crippen molar-refractivity contribution in [3.8, 4) is 5.75 Å². The van der Waals surface area contributed by atoms with Crippen LogP contribution in [0.15, 0.2) is 12.1 Å². The summed E-state index contributed by atoms with van der Waals surface area (Å²) in [5, 5.41) is 0. The van der Waals surface area contributed by atoms with Crippen molar-refractivity contribution in [3.63, 3.8) is 0 Å². The third kappa shape index (κ3) is 2.88. The molecule has 0 fully saturated rings. The molecular formula is C10H16N2O2. The fraction of sp³-hybridized carbons (Fsp3) is 0.500. The van der Waals surface area contributed by atoms with Gasteiger partial charge in [-0.05, 0) is 26.0 Å². The highest BCUT2D eigenvalue weighted by atomic mass is 16.5. The number of nitrogens with zero attached hydrogens (tertiary/aromatic N) is 1. The quantitative estimate of drug-likeness (QED) is 0.790. The van der Waals surface area contributed by atoms with Gasteiger partial charge in [0.2, 0.25) is 0 Å². The second kappa shape index (κ2) is 4.81. The largest absolute Gasteiger partial charge is 0.487 e. The molecule has 4 nitrogen and oxygen atoms in total. The average Bonchev–Trinajstić information content (AvgIpc) is 2.16. The van der Waals surface area contributed by atoms with Gasteiger partial charge in [-0.1, -0.05) is 0 Å². The minimum absolute atomic E-state index is 0.0516. The van der Waals surface area contributed by atoms with Crippen molar-refractivity contribution in [2.45, 2.75) is 20.0 Å². The zero-order valence-corrected chi connectivity index (χ0v) is 8.78. The maximum absolute atomic E-state index is 5.67. The van der Waals surface area contributed by atoms with Gasteiger partial charge < -0.3 is 15.2 Å². The summed E-state index contributed by atoms with van der Waals surface area (Å²) in [5.41, 5.74) is 6.56. The van der Waals surface area contributed by atoms with Gasteiger partial charge in [0.15, 0.2) is 11.6 Å². The number of ether oxygens (including phenoxy) is 2. The van der Waals surface area contributed by atoms with Gasteiger partial charge in [0, 0.05) is 12.8 Å². The monoisotopic (exact) mass is 196 g/mol. The van der Waals surface area contributed by atoms with Gasteiger partial charge in [-0.3, -0.25) is 0 Å². The van der Waals surface area contributed by atoms with Crippen LogP contribution in [0.1, 0.15) is 12.6 Å². The van der Waals surface area contributed by atoms with Crippen LogP contribution in [0.3, 0.4) is 0 Å². The van der Waals surface area contributed by atoms with Crippen LogP contribution in [0, 0.1) is 6.92 Å². The summed E-state index contributed by atoms with van der Waals surface area (Å²) in [7, 11) is 1.64. The van der Waals surface area contributed by atoms with E-state index < -0.39 is 0 Å². The zero-order chi connectivity index (χ0) is 10.6. The minimum Gasteiger partial charge on any atom is -0.487 e. The summed E-state index contributed by atoms with van der Waals surface area (Å²) in [5.74, 6) is 1.04. The van der Waals surface area contributed by atoms with Crippen LogP contribution in [-0.4, -0.2) is 24.8 Å². The Kier molecular flexibility index (Phi) is 3.71. The van der Waals surface area contributed by atoms with Crippen molar-refractivity contribution >= 4 is 5.82 Å². The van der Waals surface area contributed by atoms with Crippen molar-refractivity contribution < 1.29 is 9.47 Å². The lowest BCUT2D eigenvalue weighted by atomic mass is 10.3. The molecule has 2 N–H and O–H groups in total. The molecule has 1 rings (SSSR count). The van der Waals surface area contributed by atoms with Gasteiger partial charge in [0.1, 0.15) is 6.61 Å². The second-order valence-corrected chi connectivity index (χ2v) is 3.19. The van der Waals surface area contributed by atoms with E-state index in [1.807, 2.05) is 26.0 Å². The van der Waals surface area contributed by atoms with E-state index in [2.05, 4.69) is 4.98 Å². The van der Waals surface area contributed by atoms with Crippen LogP contribution in [0.4, 0.5) is 5.82 Å². The molecule has 0 saturated carbocycles. The summed E-state index contributed by atoms with van der Waals surface area (Å²) in [4.78, 5) is 4.09. The number of hydrogen-bond donors (Lipinski definition) is 1. The van der Waals surface area contributed by atoms with Crippen molar-refractivity contribution in [3.05, 3.63) is 17.8 Å². The summed E-state index contributed by atoms with van der Waals surface area (Å²) >= 11 is 0. The number of pyridine rings is 1. The standard InChI is InChI=1S/C10H16N2O2/c1-7-4-5-9(10(11)12-7)14-6-8(2)13-3/h4-5,8H,6H2,1-3H3,(H2,11,12). The fourth-order valence-corrected chi connectivity index (χ4v) is 0.961. The molecule has 1 atom stereocenters. The van der Waals surface area contributed by atoms with E-state index >= 15 is 0 Å². The molecule has 0 spiro atoms. The lowest BCUT2D eigenvalue weighted by molar-refractivity contribution is 0.0718. The van der Waals surface area contributed by atoms with Gasteiger partial charge in [0.25, 0.3) is 0 Å². The molecular weight excluding hydrogens is 180 g/mol. The molecule has 0 aliphatic carbocycles. The van der Waals surface area contributed by atoms with Gasteiger partial charge in [-0.25, -0.2) is 4.98 Å². The number of nitrogen functional groups attached to an aromatic ring is 1. The van der Waals surface area contributed by atoms with Crippen LogP contribution < -0.4 is 10.5 Å². The lowest BCUT2D eigenvalue weighted by Gasteiger charge is -2.12. The minimum atomic E-state index is 0.0516. The van der Waals surface area contributed by atoms with Gasteiger partial charge >= 0.3 is 0 Å². The summed E-state index contributed by atoms with van der Waals surface area (Å²) in [6, 6.07) is 3.68. The predicted molar refractivity (Wildman–Crippen MR) is 55.4 cm³/mol. The Hall–Kier alpha value is -1.29. The normalized spacial score (nSPS) is 12.5. The van der Waals surface area contributed by atoms with Crippen molar-refractivity contribution in [2.75, 3.05) is 19.5 Å². The first-order valence-corrected chi connectivity index (χ1v) is 4.52. The number of methoxy groups -OCH3 is 1. The first-order chi connectivity index (χ1) is 6.63. The van der Waals surface area contributed by atoms with Crippen LogP contribution >= 0.6 is 0 Å². The molecule has 0 amide bonds. The number of rotatable bonds is 4. The van der Waals surface area contributed by atoms with E-state index in [4.69, 9.17) is 15.2 Å². The van der Waals surface area contributed by atoms with Crippen LogP contribution in [-0.2, 0) is 4.74 Å². The molecule has 0 aliphatic heterocycles. The Balaban J connectivity index is 2.59. The van der Waals surface area contributed by atoms with E-state index in [-0.39, 0.29) is 6.10 Å². The van der Waals surface area contributed by atoms with Gasteiger partial charge in [0.05, 0.1) is 6.10 Å².